The van der Waals surface area contributed by atoms with E-state index in [4.69, 9.17) is 0 Å². The fourth-order valence-electron chi connectivity index (χ4n) is 3.72. The van der Waals surface area contributed by atoms with Gasteiger partial charge in [0.25, 0.3) is 5.69 Å². The van der Waals surface area contributed by atoms with Crippen LogP contribution >= 0.6 is 0 Å². The first-order valence-corrected chi connectivity index (χ1v) is 9.33. The van der Waals surface area contributed by atoms with Crippen LogP contribution < -0.4 is 10.6 Å². The Morgan fingerprint density at radius 1 is 1.29 bits per heavy atom. The Hall–Kier alpha value is -3.16. The maximum absolute atomic E-state index is 11.9. The quantitative estimate of drug-likeness (QED) is 0.468. The summed E-state index contributed by atoms with van der Waals surface area (Å²) in [7, 11) is 0. The molecule has 0 unspecified atom stereocenters. The zero-order valence-corrected chi connectivity index (χ0v) is 16.5. The minimum absolute atomic E-state index is 0.0199. The number of carbonyl (C=O) groups is 1. The van der Waals surface area contributed by atoms with Gasteiger partial charge in [-0.05, 0) is 40.2 Å². The molecule has 1 aromatic carbocycles. The highest BCUT2D eigenvalue weighted by Crippen LogP contribution is 2.35. The molecule has 3 rings (SSSR count). The molecule has 2 N–H and O–H groups in total. The van der Waals surface area contributed by atoms with Crippen molar-refractivity contribution in [1.29, 1.82) is 0 Å². The van der Waals surface area contributed by atoms with Crippen LogP contribution in [-0.4, -0.2) is 32.8 Å². The highest BCUT2D eigenvalue weighted by atomic mass is 16.6. The van der Waals surface area contributed by atoms with Crippen LogP contribution in [0.15, 0.2) is 36.4 Å². The number of benzene rings is 1. The molecule has 0 aliphatic heterocycles. The van der Waals surface area contributed by atoms with E-state index in [2.05, 4.69) is 21.8 Å². The molecule has 0 saturated carbocycles. The summed E-state index contributed by atoms with van der Waals surface area (Å²) < 4.78 is 1.64. The third-order valence-electron chi connectivity index (χ3n) is 4.84. The average molecular weight is 383 g/mol. The summed E-state index contributed by atoms with van der Waals surface area (Å²) in [6.07, 6.45) is 4.79. The van der Waals surface area contributed by atoms with E-state index in [1.165, 1.54) is 6.07 Å². The molecule has 8 heteroatoms. The van der Waals surface area contributed by atoms with Gasteiger partial charge in [-0.2, -0.15) is 5.10 Å². The summed E-state index contributed by atoms with van der Waals surface area (Å²) in [6, 6.07) is 6.42. The van der Waals surface area contributed by atoms with Crippen molar-refractivity contribution in [3.8, 4) is 5.69 Å². The molecule has 2 atom stereocenters. The van der Waals surface area contributed by atoms with E-state index in [-0.39, 0.29) is 29.7 Å². The number of nitrogens with zero attached hydrogens (tertiary/aromatic N) is 3. The standard InChI is InChI=1S/C20H25N5O3/c1-12(2)21-20(26)22-16-10-9-15(11-16)19-13(3)23-24(14(19)4)17-7-5-6-8-18(17)25(27)28/h5-10,12,15-16H,11H2,1-4H3,(H2,21,22,26)/t15-,16-/m1/s1. The monoisotopic (exact) mass is 383 g/mol. The number of hydrogen-bond donors (Lipinski definition) is 2. The Labute approximate surface area is 163 Å². The SMILES string of the molecule is Cc1nn(-c2ccccc2[N+](=O)[O-])c(C)c1[C@@H]1C=C[C@@H](NC(=O)NC(C)C)C1. The lowest BCUT2D eigenvalue weighted by atomic mass is 9.96. The predicted octanol–water partition coefficient (Wildman–Crippen LogP) is 3.52. The number of urea groups is 1. The maximum Gasteiger partial charge on any atom is 0.315 e. The molecule has 0 radical (unpaired) electrons. The molecule has 0 spiro atoms. The lowest BCUT2D eigenvalue weighted by Crippen LogP contribution is -2.43. The number of carbonyl (C=O) groups excluding carboxylic acids is 1. The van der Waals surface area contributed by atoms with Crippen molar-refractivity contribution in [2.24, 2.45) is 0 Å². The first kappa shape index (κ1) is 19.6. The molecule has 148 valence electrons. The average Bonchev–Trinajstić information content (AvgIpc) is 3.17. The van der Waals surface area contributed by atoms with Gasteiger partial charge in [0.05, 0.1) is 10.6 Å². The van der Waals surface area contributed by atoms with Crippen LogP contribution in [0.3, 0.4) is 0 Å². The van der Waals surface area contributed by atoms with Crippen molar-refractivity contribution >= 4 is 11.7 Å². The number of hydrogen-bond acceptors (Lipinski definition) is 4. The zero-order valence-electron chi connectivity index (χ0n) is 16.5. The normalized spacial score (nSPS) is 18.5. The van der Waals surface area contributed by atoms with Gasteiger partial charge in [-0.1, -0.05) is 24.3 Å². The van der Waals surface area contributed by atoms with E-state index in [1.807, 2.05) is 33.8 Å². The Morgan fingerprint density at radius 2 is 2.00 bits per heavy atom. The highest BCUT2D eigenvalue weighted by molar-refractivity contribution is 5.74. The number of allylic oxidation sites excluding steroid dienone is 1. The molecule has 8 nitrogen and oxygen atoms in total. The van der Waals surface area contributed by atoms with E-state index >= 15 is 0 Å². The molecule has 1 aromatic heterocycles. The molecule has 28 heavy (non-hydrogen) atoms. The molecular weight excluding hydrogens is 358 g/mol. The van der Waals surface area contributed by atoms with Crippen molar-refractivity contribution in [1.82, 2.24) is 20.4 Å². The van der Waals surface area contributed by atoms with Gasteiger partial charge in [0.1, 0.15) is 5.69 Å². The largest absolute Gasteiger partial charge is 0.336 e. The summed E-state index contributed by atoms with van der Waals surface area (Å²) in [5, 5.41) is 21.7. The van der Waals surface area contributed by atoms with Gasteiger partial charge in [0.2, 0.25) is 0 Å². The third-order valence-corrected chi connectivity index (χ3v) is 4.84. The predicted molar refractivity (Wildman–Crippen MR) is 107 cm³/mol. The van der Waals surface area contributed by atoms with Gasteiger partial charge in [0.15, 0.2) is 0 Å². The van der Waals surface area contributed by atoms with E-state index < -0.39 is 4.92 Å². The Morgan fingerprint density at radius 3 is 2.68 bits per heavy atom. The third kappa shape index (κ3) is 3.90. The molecule has 1 aliphatic rings. The van der Waals surface area contributed by atoms with Gasteiger partial charge in [0, 0.05) is 35.3 Å². The molecule has 0 bridgehead atoms. The van der Waals surface area contributed by atoms with E-state index in [9.17, 15) is 14.9 Å². The van der Waals surface area contributed by atoms with Gasteiger partial charge in [-0.25, -0.2) is 9.48 Å². The van der Waals surface area contributed by atoms with E-state index in [1.54, 1.807) is 22.9 Å². The van der Waals surface area contributed by atoms with Crippen LogP contribution in [0, 0.1) is 24.0 Å². The topological polar surface area (TPSA) is 102 Å². The Bertz CT molecular complexity index is 932. The smallest absolute Gasteiger partial charge is 0.315 e. The van der Waals surface area contributed by atoms with Crippen LogP contribution in [0.5, 0.6) is 0 Å². The van der Waals surface area contributed by atoms with Crippen LogP contribution in [-0.2, 0) is 0 Å². The lowest BCUT2D eigenvalue weighted by Gasteiger charge is -2.16. The Balaban J connectivity index is 1.84. The lowest BCUT2D eigenvalue weighted by molar-refractivity contribution is -0.384. The molecule has 1 aliphatic carbocycles. The summed E-state index contributed by atoms with van der Waals surface area (Å²) in [6.45, 7) is 7.66. The zero-order chi connectivity index (χ0) is 20.4. The minimum Gasteiger partial charge on any atom is -0.336 e. The van der Waals surface area contributed by atoms with Gasteiger partial charge < -0.3 is 10.6 Å². The second-order valence-electron chi connectivity index (χ2n) is 7.35. The first-order valence-electron chi connectivity index (χ1n) is 9.33. The number of para-hydroxylation sites is 2. The molecule has 1 heterocycles. The summed E-state index contributed by atoms with van der Waals surface area (Å²) >= 11 is 0. The second kappa shape index (κ2) is 7.84. The number of nitro benzene ring substituents is 1. The fraction of sp³-hybridized carbons (Fsp3) is 0.400. The van der Waals surface area contributed by atoms with Crippen molar-refractivity contribution in [2.75, 3.05) is 0 Å². The first-order chi connectivity index (χ1) is 13.3. The number of aromatic nitrogens is 2. The van der Waals surface area contributed by atoms with Crippen molar-refractivity contribution in [2.45, 2.75) is 52.1 Å². The molecule has 0 fully saturated rings. The number of nitrogens with one attached hydrogen (secondary N) is 2. The number of aryl methyl sites for hydroxylation is 1. The van der Waals surface area contributed by atoms with Crippen molar-refractivity contribution < 1.29 is 9.72 Å². The van der Waals surface area contributed by atoms with Gasteiger partial charge >= 0.3 is 6.03 Å². The molecule has 2 amide bonds. The number of rotatable bonds is 5. The van der Waals surface area contributed by atoms with Crippen LogP contribution in [0.25, 0.3) is 5.69 Å². The van der Waals surface area contributed by atoms with Crippen LogP contribution in [0.4, 0.5) is 10.5 Å². The molecular formula is C20H25N5O3. The van der Waals surface area contributed by atoms with E-state index in [0.717, 1.165) is 23.4 Å². The maximum atomic E-state index is 11.9. The van der Waals surface area contributed by atoms with E-state index in [0.29, 0.717) is 5.69 Å². The minimum atomic E-state index is -0.395. The number of nitro groups is 1. The van der Waals surface area contributed by atoms with Crippen molar-refractivity contribution in [3.63, 3.8) is 0 Å². The van der Waals surface area contributed by atoms with Crippen LogP contribution in [0.1, 0.15) is 43.1 Å². The summed E-state index contributed by atoms with van der Waals surface area (Å²) in [4.78, 5) is 22.9. The number of amides is 2. The second-order valence-corrected chi connectivity index (χ2v) is 7.35. The fourth-order valence-corrected chi connectivity index (χ4v) is 3.72. The molecule has 0 saturated heterocycles. The molecule has 2 aromatic rings. The van der Waals surface area contributed by atoms with Gasteiger partial charge in [-0.3, -0.25) is 10.1 Å². The van der Waals surface area contributed by atoms with Crippen molar-refractivity contribution in [3.05, 3.63) is 63.5 Å². The summed E-state index contributed by atoms with van der Waals surface area (Å²) in [5.41, 5.74) is 3.22. The Kier molecular flexibility index (Phi) is 5.48. The summed E-state index contributed by atoms with van der Waals surface area (Å²) in [5.74, 6) is 0.0980. The van der Waals surface area contributed by atoms with Crippen LogP contribution in [0.2, 0.25) is 0 Å². The van der Waals surface area contributed by atoms with Gasteiger partial charge in [-0.15, -0.1) is 0 Å². The highest BCUT2D eigenvalue weighted by Gasteiger charge is 2.28.